The van der Waals surface area contributed by atoms with Crippen molar-refractivity contribution in [3.8, 4) is 11.5 Å². The molecule has 0 saturated heterocycles. The van der Waals surface area contributed by atoms with E-state index in [1.165, 1.54) is 44.7 Å². The molecule has 2 aliphatic carbocycles. The van der Waals surface area contributed by atoms with Crippen molar-refractivity contribution in [3.05, 3.63) is 58.7 Å². The minimum atomic E-state index is -0.562. The Kier molecular flexibility index (Phi) is 16.8. The van der Waals surface area contributed by atoms with Crippen LogP contribution in [0, 0.1) is 0 Å². The smallest absolute Gasteiger partial charge is 0.373 e. The molecule has 2 fully saturated rings. The molecule has 0 atom stereocenters. The van der Waals surface area contributed by atoms with E-state index >= 15 is 0 Å². The largest absolute Gasteiger partial charge is 0.507 e. The molecule has 248 valence electrons. The second-order valence-electron chi connectivity index (χ2n) is 10.8. The summed E-state index contributed by atoms with van der Waals surface area (Å²) in [6.45, 7) is 11.4. The monoisotopic (exact) mass is 642 g/mol. The van der Waals surface area contributed by atoms with Gasteiger partial charge >= 0.3 is 30.2 Å². The molecule has 2 aliphatic rings. The maximum atomic E-state index is 10.7. The first-order valence-corrected chi connectivity index (χ1v) is 13.7. The summed E-state index contributed by atoms with van der Waals surface area (Å²) >= 11 is 0. The van der Waals surface area contributed by atoms with E-state index in [0.29, 0.717) is 22.6 Å². The molecule has 0 radical (unpaired) electrons. The summed E-state index contributed by atoms with van der Waals surface area (Å²) in [5, 5.41) is 35.0. The van der Waals surface area contributed by atoms with Crippen LogP contribution >= 0.6 is 0 Å². The average Bonchev–Trinajstić information content (AvgIpc) is 3.91. The Hall–Kier alpha value is -5.45. The van der Waals surface area contributed by atoms with Crippen molar-refractivity contribution in [1.29, 1.82) is 0 Å². The number of phenolic OH excluding ortho intramolecular Hbond substituents is 2. The predicted molar refractivity (Wildman–Crippen MR) is 160 cm³/mol. The van der Waals surface area contributed by atoms with Crippen molar-refractivity contribution in [2.24, 2.45) is 10.3 Å². The third kappa shape index (κ3) is 14.3. The maximum absolute atomic E-state index is 10.7. The lowest BCUT2D eigenvalue weighted by molar-refractivity contribution is -0.193. The van der Waals surface area contributed by atoms with Crippen LogP contribution in [0.1, 0.15) is 96.4 Å². The highest BCUT2D eigenvalue weighted by Crippen LogP contribution is 2.49. The Labute approximate surface area is 265 Å². The van der Waals surface area contributed by atoms with E-state index in [1.54, 1.807) is 26.0 Å². The topological polar surface area (TPSA) is 223 Å². The molecule has 3 N–H and O–H groups in total. The van der Waals surface area contributed by atoms with Crippen LogP contribution in [0.3, 0.4) is 0 Å². The lowest BCUT2D eigenvalue weighted by atomic mass is 9.95. The first-order chi connectivity index (χ1) is 21.4. The van der Waals surface area contributed by atoms with Crippen LogP contribution < -0.4 is 0 Å². The highest BCUT2D eigenvalue weighted by molar-refractivity contribution is 6.01. The molecule has 0 aliphatic heterocycles. The first kappa shape index (κ1) is 40.5. The van der Waals surface area contributed by atoms with Crippen LogP contribution in [-0.2, 0) is 54.0 Å². The van der Waals surface area contributed by atoms with Crippen molar-refractivity contribution in [3.63, 3.8) is 0 Å². The van der Waals surface area contributed by atoms with Crippen LogP contribution in [0.5, 0.6) is 11.5 Å². The van der Waals surface area contributed by atoms with E-state index in [9.17, 15) is 24.6 Å². The molecule has 2 aromatic rings. The van der Waals surface area contributed by atoms with Gasteiger partial charge in [0.2, 0.25) is 0 Å². The van der Waals surface area contributed by atoms with Crippen LogP contribution in [0.15, 0.2) is 46.7 Å². The van der Waals surface area contributed by atoms with Crippen molar-refractivity contribution in [1.82, 2.24) is 0 Å². The van der Waals surface area contributed by atoms with E-state index in [4.69, 9.17) is 24.4 Å². The molecule has 0 bridgehead atoms. The SMILES string of the molecule is C/C(=N\O)c1cc(C2(C)CC2)ccc1O.CC(=O)O/N=C(\C)c1cc(C2(C)CC2)ccc1O.CC(=O)OC(C)=O.O=C=O.O=C=O. The highest BCUT2D eigenvalue weighted by Gasteiger charge is 2.40. The second kappa shape index (κ2) is 19.0. The van der Waals surface area contributed by atoms with Crippen LogP contribution in [0.25, 0.3) is 0 Å². The van der Waals surface area contributed by atoms with Crippen molar-refractivity contribution < 1.29 is 58.6 Å². The molecular formula is C32H38N2O12. The number of ether oxygens (including phenoxy) is 1. The molecule has 0 heterocycles. The minimum Gasteiger partial charge on any atom is -0.507 e. The summed E-state index contributed by atoms with van der Waals surface area (Å²) in [7, 11) is 0. The Bertz CT molecular complexity index is 1480. The summed E-state index contributed by atoms with van der Waals surface area (Å²) in [6, 6.07) is 11.0. The number of esters is 2. The number of aromatic hydroxyl groups is 2. The number of carbonyl (C=O) groups is 3. The minimum absolute atomic E-state index is 0.149. The lowest BCUT2D eigenvalue weighted by Gasteiger charge is -2.12. The van der Waals surface area contributed by atoms with Gasteiger partial charge in [-0.25, -0.2) is 4.79 Å². The van der Waals surface area contributed by atoms with Gasteiger partial charge in [-0.3, -0.25) is 9.59 Å². The zero-order valence-electron chi connectivity index (χ0n) is 26.7. The summed E-state index contributed by atoms with van der Waals surface area (Å²) in [4.78, 5) is 67.4. The number of rotatable bonds is 5. The van der Waals surface area contributed by atoms with Gasteiger partial charge in [0.05, 0.1) is 11.4 Å². The molecule has 2 saturated carbocycles. The van der Waals surface area contributed by atoms with Gasteiger partial charge in [0.15, 0.2) is 0 Å². The molecule has 14 heteroatoms. The Morgan fingerprint density at radius 3 is 1.28 bits per heavy atom. The molecular weight excluding hydrogens is 604 g/mol. The van der Waals surface area contributed by atoms with E-state index in [1.807, 2.05) is 24.3 Å². The summed E-state index contributed by atoms with van der Waals surface area (Å²) < 4.78 is 3.97. The summed E-state index contributed by atoms with van der Waals surface area (Å²) in [5.74, 6) is -1.28. The molecule has 4 rings (SSSR count). The van der Waals surface area contributed by atoms with Crippen LogP contribution in [0.4, 0.5) is 0 Å². The zero-order chi connectivity index (χ0) is 35.7. The summed E-state index contributed by atoms with van der Waals surface area (Å²) in [5.41, 5.74) is 5.05. The van der Waals surface area contributed by atoms with E-state index in [0.717, 1.165) is 12.8 Å². The molecule has 14 nitrogen and oxygen atoms in total. The third-order valence-electron chi connectivity index (χ3n) is 6.92. The highest BCUT2D eigenvalue weighted by atomic mass is 16.7. The molecule has 0 aromatic heterocycles. The van der Waals surface area contributed by atoms with Crippen molar-refractivity contribution >= 4 is 41.6 Å². The fourth-order valence-electron chi connectivity index (χ4n) is 3.79. The van der Waals surface area contributed by atoms with Gasteiger partial charge in [-0.1, -0.05) is 36.3 Å². The zero-order valence-corrected chi connectivity index (χ0v) is 26.7. The van der Waals surface area contributed by atoms with E-state index < -0.39 is 17.9 Å². The number of oxime groups is 2. The van der Waals surface area contributed by atoms with Gasteiger partial charge in [-0.15, -0.1) is 0 Å². The first-order valence-electron chi connectivity index (χ1n) is 13.7. The number of nitrogens with zero attached hydrogens (tertiary/aromatic N) is 2. The standard InChI is InChI=1S/C14H17NO3.C12H15NO2.C4H6O3.2CO2/c1-9(15-18-10(2)16)12-8-11(4-5-13(12)17)14(3)6-7-14;1-8(13-15)10-7-9(3-4-11(10)14)12(2)5-6-12;1-3(5)7-4(2)6;2*2-1-3/h4-5,8,17H,6-7H2,1-3H3;3-4,7,14-15H,5-6H2,1-2H3;1-2H3;;/b15-9+;13-8+;;;. The van der Waals surface area contributed by atoms with E-state index in [-0.39, 0.29) is 34.6 Å². The molecule has 0 spiro atoms. The van der Waals surface area contributed by atoms with Gasteiger partial charge in [-0.2, -0.15) is 19.2 Å². The number of carbonyl (C=O) groups excluding carboxylic acids is 7. The maximum Gasteiger partial charge on any atom is 0.373 e. The lowest BCUT2D eigenvalue weighted by Crippen LogP contribution is -2.04. The Balaban J connectivity index is 0.000000649. The van der Waals surface area contributed by atoms with Crippen LogP contribution in [-0.4, -0.2) is 57.1 Å². The second-order valence-corrected chi connectivity index (χ2v) is 10.8. The molecule has 0 amide bonds. The number of phenols is 2. The number of benzene rings is 2. The van der Waals surface area contributed by atoms with Gasteiger partial charge in [0.25, 0.3) is 0 Å². The number of hydrogen-bond donors (Lipinski definition) is 3. The quantitative estimate of drug-likeness (QED) is 0.104. The Morgan fingerprint density at radius 1 is 0.674 bits per heavy atom. The fraction of sp³-hybridized carbons (Fsp3) is 0.406. The summed E-state index contributed by atoms with van der Waals surface area (Å²) in [6.07, 6.45) is 5.20. The van der Waals surface area contributed by atoms with Crippen molar-refractivity contribution in [2.45, 2.75) is 85.0 Å². The predicted octanol–water partition coefficient (Wildman–Crippen LogP) is 4.30. The van der Waals surface area contributed by atoms with Crippen molar-refractivity contribution in [2.75, 3.05) is 0 Å². The van der Waals surface area contributed by atoms with Crippen LogP contribution in [0.2, 0.25) is 0 Å². The van der Waals surface area contributed by atoms with Gasteiger partial charge in [0, 0.05) is 31.9 Å². The van der Waals surface area contributed by atoms with E-state index in [2.05, 4.69) is 33.7 Å². The van der Waals surface area contributed by atoms with Gasteiger partial charge in [0.1, 0.15) is 11.5 Å². The molecule has 2 aromatic carbocycles. The average molecular weight is 643 g/mol. The Morgan fingerprint density at radius 2 is 1.02 bits per heavy atom. The number of hydrogen-bond acceptors (Lipinski definition) is 14. The molecule has 0 unspecified atom stereocenters. The normalized spacial score (nSPS) is 14.5. The third-order valence-corrected chi connectivity index (χ3v) is 6.92. The fourth-order valence-corrected chi connectivity index (χ4v) is 3.79. The molecule has 46 heavy (non-hydrogen) atoms. The van der Waals surface area contributed by atoms with Gasteiger partial charge in [-0.05, 0) is 85.8 Å². The van der Waals surface area contributed by atoms with Gasteiger partial charge < -0.3 is 25.0 Å².